The van der Waals surface area contributed by atoms with Crippen molar-refractivity contribution in [2.45, 2.75) is 32.4 Å². The quantitative estimate of drug-likeness (QED) is 0.918. The maximum atomic E-state index is 12.1. The predicted octanol–water partition coefficient (Wildman–Crippen LogP) is 1.71. The van der Waals surface area contributed by atoms with E-state index in [0.717, 1.165) is 12.8 Å². The maximum Gasteiger partial charge on any atom is 0.240 e. The fraction of sp³-hybridized carbons (Fsp3) is 0.600. The molecule has 0 aliphatic heterocycles. The third kappa shape index (κ3) is 2.81. The second-order valence-electron chi connectivity index (χ2n) is 6.75. The maximum absolute atomic E-state index is 12.1. The van der Waals surface area contributed by atoms with Crippen LogP contribution < -0.4 is 4.72 Å². The van der Waals surface area contributed by atoms with Crippen molar-refractivity contribution in [3.05, 3.63) is 30.1 Å². The lowest BCUT2D eigenvalue weighted by Gasteiger charge is -2.16. The van der Waals surface area contributed by atoms with Crippen molar-refractivity contribution < 1.29 is 13.2 Å². The lowest BCUT2D eigenvalue weighted by molar-refractivity contribution is -0.123. The van der Waals surface area contributed by atoms with E-state index in [1.165, 1.54) is 0 Å². The number of carbonyl (C=O) groups excluding carboxylic acids is 1. The number of hydrogen-bond acceptors (Lipinski definition) is 4. The molecule has 3 atom stereocenters. The first kappa shape index (κ1) is 14.5. The summed E-state index contributed by atoms with van der Waals surface area (Å²) in [4.78, 5) is 16.1. The monoisotopic (exact) mass is 308 g/mol. The Morgan fingerprint density at radius 1 is 1.33 bits per heavy atom. The topological polar surface area (TPSA) is 76.1 Å². The van der Waals surface area contributed by atoms with E-state index in [0.29, 0.717) is 22.9 Å². The minimum atomic E-state index is -3.66. The van der Waals surface area contributed by atoms with Crippen molar-refractivity contribution in [3.8, 4) is 0 Å². The third-order valence-electron chi connectivity index (χ3n) is 5.06. The van der Waals surface area contributed by atoms with Gasteiger partial charge in [0.15, 0.2) is 0 Å². The zero-order chi connectivity index (χ0) is 15.3. The Kier molecular flexibility index (Phi) is 3.31. The highest BCUT2D eigenvalue weighted by molar-refractivity contribution is 7.89. The van der Waals surface area contributed by atoms with Gasteiger partial charge in [0.2, 0.25) is 15.9 Å². The first-order valence-corrected chi connectivity index (χ1v) is 8.89. The Balaban J connectivity index is 1.58. The Hall–Kier alpha value is -1.43. The molecule has 114 valence electrons. The number of nitrogens with one attached hydrogen (secondary N) is 1. The molecule has 1 heterocycles. The Labute approximate surface area is 125 Å². The van der Waals surface area contributed by atoms with Crippen LogP contribution in [0.4, 0.5) is 0 Å². The molecule has 2 aliphatic carbocycles. The van der Waals surface area contributed by atoms with Gasteiger partial charge in [0.25, 0.3) is 0 Å². The van der Waals surface area contributed by atoms with Crippen molar-refractivity contribution in [1.29, 1.82) is 0 Å². The number of sulfonamides is 1. The lowest BCUT2D eigenvalue weighted by atomic mass is 9.93. The van der Waals surface area contributed by atoms with Gasteiger partial charge in [-0.05, 0) is 42.2 Å². The third-order valence-corrected chi connectivity index (χ3v) is 6.24. The number of amides is 1. The van der Waals surface area contributed by atoms with Gasteiger partial charge in [0, 0.05) is 12.1 Å². The fourth-order valence-electron chi connectivity index (χ4n) is 3.67. The predicted molar refractivity (Wildman–Crippen MR) is 78.5 cm³/mol. The molecule has 0 aromatic carbocycles. The molecule has 0 saturated heterocycles. The van der Waals surface area contributed by atoms with Gasteiger partial charge in [-0.2, -0.15) is 0 Å². The highest BCUT2D eigenvalue weighted by Crippen LogP contribution is 2.68. The van der Waals surface area contributed by atoms with Crippen molar-refractivity contribution >= 4 is 15.9 Å². The Morgan fingerprint density at radius 2 is 2.00 bits per heavy atom. The van der Waals surface area contributed by atoms with E-state index in [-0.39, 0.29) is 17.6 Å². The van der Waals surface area contributed by atoms with Crippen LogP contribution in [0.2, 0.25) is 0 Å². The van der Waals surface area contributed by atoms with E-state index in [9.17, 15) is 13.2 Å². The summed E-state index contributed by atoms with van der Waals surface area (Å²) in [6.07, 6.45) is 3.16. The average Bonchev–Trinajstić information content (AvgIpc) is 2.79. The van der Waals surface area contributed by atoms with Crippen LogP contribution in [0, 0.1) is 23.2 Å². The Morgan fingerprint density at radius 3 is 2.57 bits per heavy atom. The first-order chi connectivity index (χ1) is 9.79. The largest absolute Gasteiger partial charge is 0.274 e. The summed E-state index contributed by atoms with van der Waals surface area (Å²) in [6, 6.07) is 5.09. The molecular formula is C15H20N2O3S. The van der Waals surface area contributed by atoms with Gasteiger partial charge in [-0.15, -0.1) is 0 Å². The van der Waals surface area contributed by atoms with Crippen LogP contribution >= 0.6 is 0 Å². The molecule has 5 nitrogen and oxygen atoms in total. The number of pyridine rings is 1. The van der Waals surface area contributed by atoms with Gasteiger partial charge in [0.05, 0.1) is 5.69 Å². The average molecular weight is 308 g/mol. The molecule has 21 heavy (non-hydrogen) atoms. The van der Waals surface area contributed by atoms with Crippen molar-refractivity contribution in [2.75, 3.05) is 0 Å². The highest BCUT2D eigenvalue weighted by Gasteiger charge is 2.63. The second kappa shape index (κ2) is 4.80. The standard InChI is InChI=1S/C15H20N2O3S/c1-15(2)12-7-10(8-13(12)15)14(18)17-21(19,20)9-11-5-3-4-6-16-11/h3-6,10,12-13H,7-9H2,1-2H3,(H,17,18)/t10?,12-,13+. The minimum absolute atomic E-state index is 0.161. The van der Waals surface area contributed by atoms with Crippen LogP contribution in [0.25, 0.3) is 0 Å². The van der Waals surface area contributed by atoms with E-state index >= 15 is 0 Å². The van der Waals surface area contributed by atoms with E-state index in [2.05, 4.69) is 23.6 Å². The van der Waals surface area contributed by atoms with E-state index < -0.39 is 10.0 Å². The lowest BCUT2D eigenvalue weighted by Crippen LogP contribution is -2.36. The molecular weight excluding hydrogens is 288 g/mol. The summed E-state index contributed by atoms with van der Waals surface area (Å²) in [5.41, 5.74) is 0.775. The smallest absolute Gasteiger partial charge is 0.240 e. The Bertz CT molecular complexity index is 641. The molecule has 6 heteroatoms. The molecule has 0 spiro atoms. The normalized spacial score (nSPS) is 29.7. The van der Waals surface area contributed by atoms with Gasteiger partial charge in [-0.1, -0.05) is 19.9 Å². The highest BCUT2D eigenvalue weighted by atomic mass is 32.2. The van der Waals surface area contributed by atoms with Gasteiger partial charge in [-0.3, -0.25) is 14.5 Å². The molecule has 1 amide bonds. The van der Waals surface area contributed by atoms with Crippen molar-refractivity contribution in [1.82, 2.24) is 9.71 Å². The molecule has 2 saturated carbocycles. The molecule has 0 bridgehead atoms. The van der Waals surface area contributed by atoms with Crippen LogP contribution in [0.15, 0.2) is 24.4 Å². The van der Waals surface area contributed by atoms with Crippen LogP contribution in [0.1, 0.15) is 32.4 Å². The summed E-state index contributed by atoms with van der Waals surface area (Å²) < 4.78 is 26.2. The van der Waals surface area contributed by atoms with Crippen LogP contribution in [0.3, 0.4) is 0 Å². The number of carbonyl (C=O) groups is 1. The zero-order valence-electron chi connectivity index (χ0n) is 12.2. The molecule has 1 aromatic heterocycles. The van der Waals surface area contributed by atoms with Gasteiger partial charge in [0.1, 0.15) is 5.75 Å². The number of hydrogen-bond donors (Lipinski definition) is 1. The summed E-state index contributed by atoms with van der Waals surface area (Å²) in [5, 5.41) is 0. The van der Waals surface area contributed by atoms with E-state index in [1.807, 2.05) is 0 Å². The number of nitrogens with zero attached hydrogens (tertiary/aromatic N) is 1. The van der Waals surface area contributed by atoms with E-state index in [1.54, 1.807) is 24.4 Å². The van der Waals surface area contributed by atoms with Gasteiger partial charge in [-0.25, -0.2) is 8.42 Å². The van der Waals surface area contributed by atoms with Crippen LogP contribution in [-0.4, -0.2) is 19.3 Å². The summed E-state index contributed by atoms with van der Waals surface area (Å²) in [6.45, 7) is 4.43. The minimum Gasteiger partial charge on any atom is -0.274 e. The molecule has 1 N–H and O–H groups in total. The first-order valence-electron chi connectivity index (χ1n) is 7.24. The van der Waals surface area contributed by atoms with Crippen LogP contribution in [-0.2, 0) is 20.6 Å². The van der Waals surface area contributed by atoms with E-state index in [4.69, 9.17) is 0 Å². The van der Waals surface area contributed by atoms with Gasteiger partial charge < -0.3 is 0 Å². The van der Waals surface area contributed by atoms with Gasteiger partial charge >= 0.3 is 0 Å². The second-order valence-corrected chi connectivity index (χ2v) is 8.47. The molecule has 2 fully saturated rings. The summed E-state index contributed by atoms with van der Waals surface area (Å²) >= 11 is 0. The molecule has 3 rings (SSSR count). The van der Waals surface area contributed by atoms with Crippen molar-refractivity contribution in [3.63, 3.8) is 0 Å². The summed E-state index contributed by atoms with van der Waals surface area (Å²) in [7, 11) is -3.66. The van der Waals surface area contributed by atoms with Crippen LogP contribution in [0.5, 0.6) is 0 Å². The fourth-order valence-corrected chi connectivity index (χ4v) is 4.77. The van der Waals surface area contributed by atoms with Crippen molar-refractivity contribution in [2.24, 2.45) is 23.2 Å². The molecule has 1 unspecified atom stereocenters. The summed E-state index contributed by atoms with van der Waals surface area (Å²) in [5.74, 6) is 0.379. The zero-order valence-corrected chi connectivity index (χ0v) is 13.1. The molecule has 1 aromatic rings. The molecule has 2 aliphatic rings. The number of rotatable bonds is 4. The number of fused-ring (bicyclic) bond motifs is 1. The number of aromatic nitrogens is 1. The molecule has 0 radical (unpaired) electrons. The SMILES string of the molecule is CC1(C)[C@@H]2CC(C(=O)NS(=O)(=O)Cc3ccccn3)C[C@@H]21.